The van der Waals surface area contributed by atoms with E-state index in [1.165, 1.54) is 0 Å². The van der Waals surface area contributed by atoms with Crippen LogP contribution in [-0.4, -0.2) is 117 Å². The Morgan fingerprint density at radius 2 is 0.925 bits per heavy atom. The van der Waals surface area contributed by atoms with Crippen LogP contribution >= 0.6 is 21.6 Å². The second kappa shape index (κ2) is 19.4. The number of carboxylic acids is 4. The quantitative estimate of drug-likeness (QED) is 0.0493. The van der Waals surface area contributed by atoms with Crippen LogP contribution in [0, 0.1) is 0 Å². The number of carbonyl (C=O) groups is 8. The van der Waals surface area contributed by atoms with E-state index in [1.807, 2.05) is 0 Å². The minimum Gasteiger partial charge on any atom is -0.480 e. The first-order valence-corrected chi connectivity index (χ1v) is 13.7. The van der Waals surface area contributed by atoms with Gasteiger partial charge in [0.2, 0.25) is 23.6 Å². The molecule has 0 aliphatic heterocycles. The predicted molar refractivity (Wildman–Crippen MR) is 140 cm³/mol. The van der Waals surface area contributed by atoms with Gasteiger partial charge in [0.05, 0.1) is 0 Å². The summed E-state index contributed by atoms with van der Waals surface area (Å²) in [7, 11) is 1.41. The van der Waals surface area contributed by atoms with Gasteiger partial charge in [0.1, 0.15) is 35.7 Å². The number of hydrogen-bond acceptors (Lipinski definition) is 12. The molecular formula is C20H32N6O12S2. The van der Waals surface area contributed by atoms with E-state index in [0.717, 1.165) is 0 Å². The molecule has 0 unspecified atom stereocenters. The molecular weight excluding hydrogens is 580 g/mol. The molecule has 0 aliphatic carbocycles. The highest BCUT2D eigenvalue weighted by Gasteiger charge is 2.29. The molecule has 0 saturated carbocycles. The normalized spacial score (nSPS) is 13.7. The number of carbonyl (C=O) groups excluding carboxylic acids is 4. The Labute approximate surface area is 235 Å². The molecule has 12 N–H and O–H groups in total. The monoisotopic (exact) mass is 612 g/mol. The lowest BCUT2D eigenvalue weighted by Crippen LogP contribution is -2.47. The molecule has 0 bridgehead atoms. The zero-order valence-electron chi connectivity index (χ0n) is 21.0. The van der Waals surface area contributed by atoms with Gasteiger partial charge in [0.15, 0.2) is 0 Å². The SMILES string of the molecule is NC(=O)CC[C@H](NC[C@@H](SS[C@H](CN[C@@H](CCC(N)=O)C(=O)O)C(=O)NCC(=O)O)C(=O)NCC(=O)O)C(=O)O. The fourth-order valence-corrected chi connectivity index (χ4v) is 5.40. The number of primary amides is 2. The average Bonchev–Trinajstić information content (AvgIpc) is 2.84. The van der Waals surface area contributed by atoms with Crippen LogP contribution in [0.25, 0.3) is 0 Å². The van der Waals surface area contributed by atoms with E-state index in [0.29, 0.717) is 21.6 Å². The van der Waals surface area contributed by atoms with E-state index in [-0.39, 0.29) is 38.8 Å². The molecule has 40 heavy (non-hydrogen) atoms. The van der Waals surface area contributed by atoms with Crippen LogP contribution in [-0.2, 0) is 38.4 Å². The summed E-state index contributed by atoms with van der Waals surface area (Å²) in [4.78, 5) is 92.0. The number of amides is 4. The number of nitrogens with two attached hydrogens (primary N) is 2. The first-order valence-electron chi connectivity index (χ1n) is 11.4. The Kier molecular flexibility index (Phi) is 17.7. The van der Waals surface area contributed by atoms with Crippen LogP contribution in [0.1, 0.15) is 25.7 Å². The molecule has 0 aromatic rings. The van der Waals surface area contributed by atoms with Gasteiger partial charge in [-0.2, -0.15) is 0 Å². The fourth-order valence-electron chi connectivity index (χ4n) is 2.73. The zero-order valence-corrected chi connectivity index (χ0v) is 22.6. The average molecular weight is 613 g/mol. The number of carboxylic acid groups (broad SMARTS) is 4. The van der Waals surface area contributed by atoms with Gasteiger partial charge >= 0.3 is 23.9 Å². The molecule has 0 saturated heterocycles. The van der Waals surface area contributed by atoms with Gasteiger partial charge in [-0.25, -0.2) is 0 Å². The summed E-state index contributed by atoms with van der Waals surface area (Å²) in [5.74, 6) is -8.66. The Hall–Kier alpha value is -3.62. The third kappa shape index (κ3) is 17.1. The minimum absolute atomic E-state index is 0.210. The lowest BCUT2D eigenvalue weighted by atomic mass is 10.1. The number of rotatable bonds is 23. The maximum Gasteiger partial charge on any atom is 0.322 e. The van der Waals surface area contributed by atoms with Crippen LogP contribution in [0.15, 0.2) is 0 Å². The van der Waals surface area contributed by atoms with E-state index in [4.69, 9.17) is 21.7 Å². The van der Waals surface area contributed by atoms with E-state index in [2.05, 4.69) is 21.3 Å². The lowest BCUT2D eigenvalue weighted by Gasteiger charge is -2.23. The van der Waals surface area contributed by atoms with Crippen molar-refractivity contribution in [2.45, 2.75) is 48.3 Å². The summed E-state index contributed by atoms with van der Waals surface area (Å²) in [6.07, 6.45) is -0.977. The van der Waals surface area contributed by atoms with E-state index in [1.54, 1.807) is 0 Å². The summed E-state index contributed by atoms with van der Waals surface area (Å²) < 4.78 is 0. The van der Waals surface area contributed by atoms with Crippen molar-refractivity contribution in [1.29, 1.82) is 0 Å². The summed E-state index contributed by atoms with van der Waals surface area (Å²) in [6.45, 7) is -2.28. The maximum absolute atomic E-state index is 12.6. The molecule has 0 rings (SSSR count). The van der Waals surface area contributed by atoms with Crippen molar-refractivity contribution >= 4 is 69.1 Å². The Bertz CT molecular complexity index is 879. The summed E-state index contributed by atoms with van der Waals surface area (Å²) in [5.41, 5.74) is 10.1. The largest absolute Gasteiger partial charge is 0.480 e. The Balaban J connectivity index is 5.67. The van der Waals surface area contributed by atoms with Crippen molar-refractivity contribution in [2.75, 3.05) is 26.2 Å². The first kappa shape index (κ1) is 36.4. The predicted octanol–water partition coefficient (Wildman–Crippen LogP) is -3.88. The van der Waals surface area contributed by atoms with E-state index < -0.39 is 83.2 Å². The van der Waals surface area contributed by atoms with Crippen LogP contribution in [0.2, 0.25) is 0 Å². The third-order valence-electron chi connectivity index (χ3n) is 4.75. The molecule has 0 aliphatic rings. The number of nitrogens with one attached hydrogen (secondary N) is 4. The summed E-state index contributed by atoms with van der Waals surface area (Å²) >= 11 is 0. The van der Waals surface area contributed by atoms with Crippen molar-refractivity contribution in [1.82, 2.24) is 21.3 Å². The van der Waals surface area contributed by atoms with Crippen LogP contribution in [0.3, 0.4) is 0 Å². The number of aliphatic carboxylic acids is 4. The lowest BCUT2D eigenvalue weighted by molar-refractivity contribution is -0.141. The van der Waals surface area contributed by atoms with Crippen molar-refractivity contribution in [3.63, 3.8) is 0 Å². The van der Waals surface area contributed by atoms with Crippen LogP contribution in [0.5, 0.6) is 0 Å². The molecule has 20 heteroatoms. The fraction of sp³-hybridized carbons (Fsp3) is 0.600. The minimum atomic E-state index is -1.37. The first-order chi connectivity index (χ1) is 18.6. The third-order valence-corrected chi connectivity index (χ3v) is 7.82. The molecule has 0 heterocycles. The van der Waals surface area contributed by atoms with Gasteiger partial charge in [-0.1, -0.05) is 21.6 Å². The standard InChI is InChI=1S/C20H32N6O12S2/c21-13(27)3-1-9(19(35)36)23-5-11(17(33)25-7-15(29)30)39-40-12(18(34)26-8-16(31)32)6-24-10(20(37)38)2-4-14(22)28/h9-12,23-24H,1-8H2,(H2,21,27)(H2,22,28)(H,25,33)(H,26,34)(H,29,30)(H,31,32)(H,35,36)(H,37,38)/t9-,10-,11+,12+/m0/s1. The Morgan fingerprint density at radius 3 is 1.18 bits per heavy atom. The van der Waals surface area contributed by atoms with Crippen LogP contribution in [0.4, 0.5) is 0 Å². The summed E-state index contributed by atoms with van der Waals surface area (Å²) in [6, 6.07) is -2.60. The van der Waals surface area contributed by atoms with Crippen molar-refractivity contribution in [3.8, 4) is 0 Å². The van der Waals surface area contributed by atoms with Gasteiger partial charge in [0, 0.05) is 25.9 Å². The van der Waals surface area contributed by atoms with Crippen LogP contribution < -0.4 is 32.7 Å². The number of hydrogen-bond donors (Lipinski definition) is 10. The maximum atomic E-state index is 12.6. The van der Waals surface area contributed by atoms with E-state index in [9.17, 15) is 48.6 Å². The highest BCUT2D eigenvalue weighted by atomic mass is 33.1. The van der Waals surface area contributed by atoms with Crippen molar-refractivity contribution in [2.24, 2.45) is 11.5 Å². The second-order valence-electron chi connectivity index (χ2n) is 8.00. The topological polar surface area (TPSA) is 318 Å². The molecule has 0 fully saturated rings. The van der Waals surface area contributed by atoms with E-state index >= 15 is 0 Å². The van der Waals surface area contributed by atoms with Gasteiger partial charge in [-0.3, -0.25) is 38.4 Å². The zero-order chi connectivity index (χ0) is 30.8. The summed E-state index contributed by atoms with van der Waals surface area (Å²) in [5, 5.41) is 43.4. The Morgan fingerprint density at radius 1 is 0.600 bits per heavy atom. The second-order valence-corrected chi connectivity index (χ2v) is 10.7. The highest BCUT2D eigenvalue weighted by molar-refractivity contribution is 8.77. The van der Waals surface area contributed by atoms with Crippen molar-refractivity contribution in [3.05, 3.63) is 0 Å². The molecule has 4 atom stereocenters. The highest BCUT2D eigenvalue weighted by Crippen LogP contribution is 2.31. The van der Waals surface area contributed by atoms with Gasteiger partial charge in [0.25, 0.3) is 0 Å². The van der Waals surface area contributed by atoms with Gasteiger partial charge in [-0.05, 0) is 12.8 Å². The molecule has 4 amide bonds. The van der Waals surface area contributed by atoms with Gasteiger partial charge < -0.3 is 53.2 Å². The molecule has 0 aromatic heterocycles. The molecule has 0 aromatic carbocycles. The molecule has 0 spiro atoms. The van der Waals surface area contributed by atoms with Gasteiger partial charge in [-0.15, -0.1) is 0 Å². The molecule has 226 valence electrons. The smallest absolute Gasteiger partial charge is 0.322 e. The molecule has 0 radical (unpaired) electrons. The molecule has 18 nitrogen and oxygen atoms in total. The van der Waals surface area contributed by atoms with Crippen molar-refractivity contribution < 1.29 is 58.8 Å².